The molecule has 3 N–H and O–H groups in total. The summed E-state index contributed by atoms with van der Waals surface area (Å²) in [6.07, 6.45) is 0.972. The van der Waals surface area contributed by atoms with Gasteiger partial charge in [0, 0.05) is 19.6 Å². The van der Waals surface area contributed by atoms with E-state index in [2.05, 4.69) is 11.9 Å². The number of likely N-dealkylation sites (N-methyl/N-ethyl adjacent to an activating group) is 1. The first-order valence-corrected chi connectivity index (χ1v) is 4.36. The van der Waals surface area contributed by atoms with Gasteiger partial charge in [0.15, 0.2) is 0 Å². The van der Waals surface area contributed by atoms with Gasteiger partial charge in [0.1, 0.15) is 0 Å². The van der Waals surface area contributed by atoms with Gasteiger partial charge in [0.05, 0.1) is 18.8 Å². The van der Waals surface area contributed by atoms with E-state index in [1.165, 1.54) is 0 Å². The van der Waals surface area contributed by atoms with Crippen LogP contribution in [0.4, 0.5) is 0 Å². The molecule has 0 amide bonds. The van der Waals surface area contributed by atoms with Crippen molar-refractivity contribution in [2.45, 2.75) is 12.0 Å². The second-order valence-corrected chi connectivity index (χ2v) is 3.45. The van der Waals surface area contributed by atoms with Crippen LogP contribution in [0.3, 0.4) is 0 Å². The summed E-state index contributed by atoms with van der Waals surface area (Å²) < 4.78 is 5.54. The molecule has 1 fully saturated rings. The Bertz CT molecular complexity index is 143. The predicted octanol–water partition coefficient (Wildman–Crippen LogP) is -0.972. The quantitative estimate of drug-likeness (QED) is 0.575. The van der Waals surface area contributed by atoms with Crippen LogP contribution in [0.2, 0.25) is 0 Å². The summed E-state index contributed by atoms with van der Waals surface area (Å²) in [4.78, 5) is 2.20. The molecule has 1 unspecified atom stereocenters. The SMILES string of the molecule is CN1CCC(CN)(OCCO)C1. The summed E-state index contributed by atoms with van der Waals surface area (Å²) in [6.45, 7) is 2.92. The van der Waals surface area contributed by atoms with Crippen LogP contribution in [0, 0.1) is 0 Å². The Hall–Kier alpha value is -0.160. The van der Waals surface area contributed by atoms with Crippen LogP contribution in [0.1, 0.15) is 6.42 Å². The second kappa shape index (κ2) is 4.18. The highest BCUT2D eigenvalue weighted by Crippen LogP contribution is 2.22. The highest BCUT2D eigenvalue weighted by molar-refractivity contribution is 4.91. The maximum Gasteiger partial charge on any atom is 0.0943 e. The van der Waals surface area contributed by atoms with E-state index in [-0.39, 0.29) is 12.2 Å². The molecule has 72 valence electrons. The number of nitrogens with zero attached hydrogens (tertiary/aromatic N) is 1. The first-order valence-electron chi connectivity index (χ1n) is 4.36. The van der Waals surface area contributed by atoms with Gasteiger partial charge in [-0.25, -0.2) is 0 Å². The van der Waals surface area contributed by atoms with Crippen LogP contribution < -0.4 is 5.73 Å². The number of hydrogen-bond acceptors (Lipinski definition) is 4. The average Bonchev–Trinajstić information content (AvgIpc) is 2.45. The van der Waals surface area contributed by atoms with Gasteiger partial charge in [-0.15, -0.1) is 0 Å². The third-order valence-corrected chi connectivity index (χ3v) is 2.38. The molecular weight excluding hydrogens is 156 g/mol. The van der Waals surface area contributed by atoms with Crippen molar-refractivity contribution in [3.8, 4) is 0 Å². The predicted molar refractivity (Wildman–Crippen MR) is 46.9 cm³/mol. The molecule has 1 heterocycles. The molecule has 0 saturated carbocycles. The third kappa shape index (κ3) is 2.17. The van der Waals surface area contributed by atoms with E-state index in [1.807, 2.05) is 0 Å². The van der Waals surface area contributed by atoms with Crippen LogP contribution in [0.5, 0.6) is 0 Å². The Morgan fingerprint density at radius 1 is 1.67 bits per heavy atom. The van der Waals surface area contributed by atoms with Crippen molar-refractivity contribution < 1.29 is 9.84 Å². The number of nitrogens with two attached hydrogens (primary N) is 1. The van der Waals surface area contributed by atoms with E-state index in [9.17, 15) is 0 Å². The van der Waals surface area contributed by atoms with Gasteiger partial charge >= 0.3 is 0 Å². The lowest BCUT2D eigenvalue weighted by Gasteiger charge is -2.27. The topological polar surface area (TPSA) is 58.7 Å². The normalized spacial score (nSPS) is 31.2. The molecule has 1 aliphatic rings. The lowest BCUT2D eigenvalue weighted by Crippen LogP contribution is -2.43. The minimum Gasteiger partial charge on any atom is -0.394 e. The molecule has 12 heavy (non-hydrogen) atoms. The molecule has 0 aromatic carbocycles. The number of aliphatic hydroxyl groups excluding tert-OH is 1. The van der Waals surface area contributed by atoms with Gasteiger partial charge in [0.2, 0.25) is 0 Å². The zero-order valence-electron chi connectivity index (χ0n) is 7.62. The minimum absolute atomic E-state index is 0.0749. The number of likely N-dealkylation sites (tertiary alicyclic amines) is 1. The van der Waals surface area contributed by atoms with Crippen molar-refractivity contribution in [1.29, 1.82) is 0 Å². The molecule has 4 nitrogen and oxygen atoms in total. The number of rotatable bonds is 4. The van der Waals surface area contributed by atoms with Crippen molar-refractivity contribution in [1.82, 2.24) is 4.90 Å². The third-order valence-electron chi connectivity index (χ3n) is 2.38. The van der Waals surface area contributed by atoms with E-state index in [1.54, 1.807) is 0 Å². The van der Waals surface area contributed by atoms with E-state index in [4.69, 9.17) is 15.6 Å². The molecule has 1 rings (SSSR count). The Morgan fingerprint density at radius 3 is 2.83 bits per heavy atom. The van der Waals surface area contributed by atoms with Crippen molar-refractivity contribution in [2.24, 2.45) is 5.73 Å². The van der Waals surface area contributed by atoms with Crippen LogP contribution >= 0.6 is 0 Å². The Labute approximate surface area is 73.3 Å². The monoisotopic (exact) mass is 174 g/mol. The molecule has 0 bridgehead atoms. The maximum absolute atomic E-state index is 8.62. The number of aliphatic hydroxyl groups is 1. The zero-order valence-corrected chi connectivity index (χ0v) is 7.62. The van der Waals surface area contributed by atoms with Crippen LogP contribution in [-0.2, 0) is 4.74 Å². The fourth-order valence-corrected chi connectivity index (χ4v) is 1.65. The lowest BCUT2D eigenvalue weighted by atomic mass is 10.0. The summed E-state index contributed by atoms with van der Waals surface area (Å²) in [5.74, 6) is 0. The zero-order chi connectivity index (χ0) is 9.03. The summed E-state index contributed by atoms with van der Waals surface area (Å²) >= 11 is 0. The summed E-state index contributed by atoms with van der Waals surface area (Å²) in [6, 6.07) is 0. The number of hydrogen-bond donors (Lipinski definition) is 2. The average molecular weight is 174 g/mol. The summed E-state index contributed by atoms with van der Waals surface area (Å²) in [7, 11) is 2.06. The van der Waals surface area contributed by atoms with Crippen LogP contribution in [0.25, 0.3) is 0 Å². The molecule has 4 heteroatoms. The van der Waals surface area contributed by atoms with E-state index < -0.39 is 0 Å². The fraction of sp³-hybridized carbons (Fsp3) is 1.00. The molecule has 0 aliphatic carbocycles. The largest absolute Gasteiger partial charge is 0.394 e. The Kier molecular flexibility index (Phi) is 3.46. The highest BCUT2D eigenvalue weighted by Gasteiger charge is 2.36. The van der Waals surface area contributed by atoms with Gasteiger partial charge in [-0.05, 0) is 13.5 Å². The first-order chi connectivity index (χ1) is 5.72. The van der Waals surface area contributed by atoms with E-state index in [0.29, 0.717) is 13.2 Å². The van der Waals surface area contributed by atoms with Gasteiger partial charge in [-0.2, -0.15) is 0 Å². The molecular formula is C8H18N2O2. The molecule has 1 saturated heterocycles. The standard InChI is InChI=1S/C8H18N2O2/c1-10-3-2-8(6-9,7-10)12-5-4-11/h11H,2-7,9H2,1H3. The smallest absolute Gasteiger partial charge is 0.0943 e. The molecule has 1 aliphatic heterocycles. The van der Waals surface area contributed by atoms with Gasteiger partial charge < -0.3 is 20.5 Å². The second-order valence-electron chi connectivity index (χ2n) is 3.45. The van der Waals surface area contributed by atoms with Crippen molar-refractivity contribution in [3.05, 3.63) is 0 Å². The van der Waals surface area contributed by atoms with Crippen molar-refractivity contribution >= 4 is 0 Å². The van der Waals surface area contributed by atoms with E-state index in [0.717, 1.165) is 19.5 Å². The number of ether oxygens (including phenoxy) is 1. The summed E-state index contributed by atoms with van der Waals surface area (Å²) in [5, 5.41) is 8.62. The van der Waals surface area contributed by atoms with Crippen LogP contribution in [0.15, 0.2) is 0 Å². The van der Waals surface area contributed by atoms with Gasteiger partial charge in [-0.3, -0.25) is 0 Å². The molecule has 0 radical (unpaired) electrons. The fourth-order valence-electron chi connectivity index (χ4n) is 1.65. The van der Waals surface area contributed by atoms with Crippen LogP contribution in [-0.4, -0.2) is 55.5 Å². The molecule has 0 aromatic heterocycles. The van der Waals surface area contributed by atoms with E-state index >= 15 is 0 Å². The highest BCUT2D eigenvalue weighted by atomic mass is 16.5. The minimum atomic E-state index is -0.197. The first kappa shape index (κ1) is 9.92. The van der Waals surface area contributed by atoms with Crippen molar-refractivity contribution in [2.75, 3.05) is 39.9 Å². The summed E-state index contributed by atoms with van der Waals surface area (Å²) in [5.41, 5.74) is 5.44. The molecule has 0 aromatic rings. The maximum atomic E-state index is 8.62. The Morgan fingerprint density at radius 2 is 2.42 bits per heavy atom. The Balaban J connectivity index is 2.41. The lowest BCUT2D eigenvalue weighted by molar-refractivity contribution is -0.0431. The molecule has 1 atom stereocenters. The van der Waals surface area contributed by atoms with Gasteiger partial charge in [0.25, 0.3) is 0 Å². The molecule has 0 spiro atoms. The van der Waals surface area contributed by atoms with Crippen molar-refractivity contribution in [3.63, 3.8) is 0 Å². The van der Waals surface area contributed by atoms with Gasteiger partial charge in [-0.1, -0.05) is 0 Å².